The van der Waals surface area contributed by atoms with Gasteiger partial charge in [0, 0.05) is 12.8 Å². The summed E-state index contributed by atoms with van der Waals surface area (Å²) in [6.07, 6.45) is 31.3. The lowest BCUT2D eigenvalue weighted by Gasteiger charge is -2.18. The van der Waals surface area contributed by atoms with Crippen molar-refractivity contribution in [3.8, 4) is 0 Å². The number of amides is 2. The molecule has 47 heavy (non-hydrogen) atoms. The van der Waals surface area contributed by atoms with E-state index in [0.29, 0.717) is 19.3 Å². The van der Waals surface area contributed by atoms with Gasteiger partial charge in [-0.05, 0) is 38.5 Å². The van der Waals surface area contributed by atoms with Crippen LogP contribution >= 0.6 is 0 Å². The first-order valence-corrected chi connectivity index (χ1v) is 19.4. The van der Waals surface area contributed by atoms with Gasteiger partial charge in [-0.15, -0.1) is 0 Å². The second-order valence-electron chi connectivity index (χ2n) is 13.4. The van der Waals surface area contributed by atoms with E-state index in [1.807, 2.05) is 0 Å². The number of unbranched alkanes of at least 4 members (excludes halogenated alkanes) is 21. The van der Waals surface area contributed by atoms with Crippen molar-refractivity contribution in [3.63, 3.8) is 0 Å². The van der Waals surface area contributed by atoms with E-state index < -0.39 is 24.5 Å². The van der Waals surface area contributed by atoms with Gasteiger partial charge in [0.05, 0.1) is 13.2 Å². The minimum Gasteiger partial charge on any atom is -0.480 e. The van der Waals surface area contributed by atoms with Crippen molar-refractivity contribution in [1.29, 1.82) is 0 Å². The summed E-state index contributed by atoms with van der Waals surface area (Å²) in [5.74, 6) is -2.28. The topological polar surface area (TPSA) is 142 Å². The molecule has 0 spiro atoms. The van der Waals surface area contributed by atoms with E-state index in [-0.39, 0.29) is 24.5 Å². The normalized spacial score (nSPS) is 12.4. The smallest absolute Gasteiger partial charge is 0.328 e. The highest BCUT2D eigenvalue weighted by Gasteiger charge is 2.19. The van der Waals surface area contributed by atoms with Gasteiger partial charge in [0.15, 0.2) is 0 Å². The number of carbonyl (C=O) groups excluding carboxylic acids is 3. The molecule has 0 aliphatic rings. The summed E-state index contributed by atoms with van der Waals surface area (Å²) < 4.78 is 5.97. The molecule has 0 aliphatic heterocycles. The van der Waals surface area contributed by atoms with Crippen molar-refractivity contribution in [2.75, 3.05) is 13.2 Å². The third-order valence-corrected chi connectivity index (χ3v) is 8.85. The predicted octanol–water partition coefficient (Wildman–Crippen LogP) is 8.54. The Hall–Kier alpha value is -2.16. The monoisotopic (exact) mass is 669 g/mol. The highest BCUT2D eigenvalue weighted by atomic mass is 16.5. The number of carboxylic acid groups (broad SMARTS) is 1. The summed E-state index contributed by atoms with van der Waals surface area (Å²) in [4.78, 5) is 47.3. The number of esters is 1. The maximum absolute atomic E-state index is 12.7. The van der Waals surface area contributed by atoms with Crippen molar-refractivity contribution in [3.05, 3.63) is 0 Å². The minimum absolute atomic E-state index is 0.000972. The van der Waals surface area contributed by atoms with Gasteiger partial charge < -0.3 is 25.6 Å². The largest absolute Gasteiger partial charge is 0.480 e. The molecule has 9 nitrogen and oxygen atoms in total. The van der Waals surface area contributed by atoms with Crippen LogP contribution in [0, 0.1) is 0 Å². The fourth-order valence-corrected chi connectivity index (χ4v) is 5.83. The molecule has 0 rings (SSSR count). The molecule has 0 saturated carbocycles. The van der Waals surface area contributed by atoms with E-state index in [9.17, 15) is 19.2 Å². The summed E-state index contributed by atoms with van der Waals surface area (Å²) >= 11 is 0. The van der Waals surface area contributed by atoms with Crippen LogP contribution in [0.15, 0.2) is 0 Å². The van der Waals surface area contributed by atoms with Crippen LogP contribution in [0.4, 0.5) is 0 Å². The molecule has 0 bridgehead atoms. The molecular formula is C38H72N2O7. The molecule has 2 atom stereocenters. The average Bonchev–Trinajstić information content (AvgIpc) is 3.05. The maximum Gasteiger partial charge on any atom is 0.328 e. The molecule has 2 amide bonds. The van der Waals surface area contributed by atoms with E-state index in [1.54, 1.807) is 0 Å². The van der Waals surface area contributed by atoms with Crippen LogP contribution in [0.1, 0.15) is 194 Å². The standard InChI is InChI=1S/C38H72N2O7/c1-3-5-7-9-11-12-13-14-15-17-22-26-30-37(44)47-33(27-23-19-16-10-8-6-4-2)28-24-20-18-21-25-29-35(42)39-31-36(43)40-34(32-41)38(45)46/h33-34,41H,3-32H2,1-2H3,(H,39,42)(H,40,43)(H,45,46). The lowest BCUT2D eigenvalue weighted by molar-refractivity contribution is -0.150. The molecule has 0 fully saturated rings. The predicted molar refractivity (Wildman–Crippen MR) is 190 cm³/mol. The average molecular weight is 669 g/mol. The van der Waals surface area contributed by atoms with Gasteiger partial charge in [-0.1, -0.05) is 142 Å². The van der Waals surface area contributed by atoms with E-state index in [1.165, 1.54) is 103 Å². The molecule has 0 radical (unpaired) electrons. The van der Waals surface area contributed by atoms with Gasteiger partial charge in [0.1, 0.15) is 12.1 Å². The molecule has 2 unspecified atom stereocenters. The van der Waals surface area contributed by atoms with Gasteiger partial charge >= 0.3 is 11.9 Å². The Kier molecular flexibility index (Phi) is 32.2. The number of aliphatic hydroxyl groups is 1. The number of aliphatic hydroxyl groups excluding tert-OH is 1. The Balaban J connectivity index is 4.17. The molecule has 0 saturated heterocycles. The van der Waals surface area contributed by atoms with Gasteiger partial charge in [0.25, 0.3) is 0 Å². The minimum atomic E-state index is -1.38. The summed E-state index contributed by atoms with van der Waals surface area (Å²) in [6.45, 7) is 3.46. The van der Waals surface area contributed by atoms with Crippen molar-refractivity contribution < 1.29 is 34.1 Å². The van der Waals surface area contributed by atoms with Gasteiger partial charge in [0.2, 0.25) is 11.8 Å². The highest BCUT2D eigenvalue weighted by molar-refractivity contribution is 5.87. The highest BCUT2D eigenvalue weighted by Crippen LogP contribution is 2.19. The van der Waals surface area contributed by atoms with Crippen LogP contribution in [0.2, 0.25) is 0 Å². The lowest BCUT2D eigenvalue weighted by Crippen LogP contribution is -2.47. The molecule has 0 aromatic heterocycles. The van der Waals surface area contributed by atoms with Crippen LogP contribution in [-0.2, 0) is 23.9 Å². The number of hydrogen-bond acceptors (Lipinski definition) is 6. The first-order chi connectivity index (χ1) is 22.8. The summed E-state index contributed by atoms with van der Waals surface area (Å²) in [7, 11) is 0. The Morgan fingerprint density at radius 1 is 0.553 bits per heavy atom. The Bertz CT molecular complexity index is 777. The van der Waals surface area contributed by atoms with Gasteiger partial charge in [-0.25, -0.2) is 4.79 Å². The first-order valence-electron chi connectivity index (χ1n) is 19.4. The van der Waals surface area contributed by atoms with Crippen molar-refractivity contribution in [2.24, 2.45) is 0 Å². The zero-order valence-corrected chi connectivity index (χ0v) is 30.3. The third-order valence-electron chi connectivity index (χ3n) is 8.85. The molecule has 0 aromatic carbocycles. The Labute approximate surface area is 287 Å². The zero-order valence-electron chi connectivity index (χ0n) is 30.3. The van der Waals surface area contributed by atoms with Crippen LogP contribution in [-0.4, -0.2) is 59.3 Å². The zero-order chi connectivity index (χ0) is 34.8. The molecule has 0 heterocycles. The fourth-order valence-electron chi connectivity index (χ4n) is 5.83. The summed E-state index contributed by atoms with van der Waals surface area (Å²) in [5, 5.41) is 22.5. The first kappa shape index (κ1) is 44.8. The van der Waals surface area contributed by atoms with E-state index in [4.69, 9.17) is 14.9 Å². The molecular weight excluding hydrogens is 596 g/mol. The fraction of sp³-hybridized carbons (Fsp3) is 0.895. The van der Waals surface area contributed by atoms with Crippen LogP contribution in [0.3, 0.4) is 0 Å². The van der Waals surface area contributed by atoms with Crippen LogP contribution < -0.4 is 10.6 Å². The lowest BCUT2D eigenvalue weighted by atomic mass is 10.0. The van der Waals surface area contributed by atoms with Crippen molar-refractivity contribution in [2.45, 2.75) is 206 Å². The molecule has 4 N–H and O–H groups in total. The van der Waals surface area contributed by atoms with Crippen molar-refractivity contribution in [1.82, 2.24) is 10.6 Å². The number of hydrogen-bond donors (Lipinski definition) is 4. The van der Waals surface area contributed by atoms with Gasteiger partial charge in [-0.2, -0.15) is 0 Å². The number of rotatable bonds is 35. The SMILES string of the molecule is CCCCCCCCCCCCCCC(=O)OC(CCCCCCCCC)CCCCCCCC(=O)NCC(=O)NC(CO)C(=O)O. The molecule has 0 aliphatic carbocycles. The number of nitrogens with one attached hydrogen (secondary N) is 2. The van der Waals surface area contributed by atoms with E-state index in [2.05, 4.69) is 24.5 Å². The number of aliphatic carboxylic acids is 1. The number of carbonyl (C=O) groups is 4. The second kappa shape index (κ2) is 33.7. The second-order valence-corrected chi connectivity index (χ2v) is 13.4. The maximum atomic E-state index is 12.7. The van der Waals surface area contributed by atoms with Crippen LogP contribution in [0.5, 0.6) is 0 Å². The van der Waals surface area contributed by atoms with Crippen molar-refractivity contribution >= 4 is 23.8 Å². The Morgan fingerprint density at radius 3 is 1.38 bits per heavy atom. The quantitative estimate of drug-likeness (QED) is 0.0392. The summed E-state index contributed by atoms with van der Waals surface area (Å²) in [6, 6.07) is -1.38. The van der Waals surface area contributed by atoms with Crippen LogP contribution in [0.25, 0.3) is 0 Å². The van der Waals surface area contributed by atoms with E-state index in [0.717, 1.165) is 57.8 Å². The number of ether oxygens (including phenoxy) is 1. The number of carboxylic acids is 1. The molecule has 9 heteroatoms. The van der Waals surface area contributed by atoms with Gasteiger partial charge in [-0.3, -0.25) is 14.4 Å². The molecule has 0 aromatic rings. The molecule has 276 valence electrons. The summed E-state index contributed by atoms with van der Waals surface area (Å²) in [5.41, 5.74) is 0. The van der Waals surface area contributed by atoms with E-state index >= 15 is 0 Å². The third kappa shape index (κ3) is 30.9. The Morgan fingerprint density at radius 2 is 0.957 bits per heavy atom.